The summed E-state index contributed by atoms with van der Waals surface area (Å²) in [4.78, 5) is 62.3. The molecule has 308 valence electrons. The van der Waals surface area contributed by atoms with Crippen LogP contribution in [0, 0.1) is 0 Å². The predicted molar refractivity (Wildman–Crippen MR) is 203 cm³/mol. The lowest BCUT2D eigenvalue weighted by Gasteiger charge is -2.16. The molecule has 55 heavy (non-hydrogen) atoms. The van der Waals surface area contributed by atoms with E-state index in [4.69, 9.17) is 53.6 Å². The Kier molecular flexibility index (Phi) is 21.4. The number of hydrogen-bond donors (Lipinski definition) is 5. The van der Waals surface area contributed by atoms with Crippen molar-refractivity contribution in [3.05, 3.63) is 73.6 Å². The Bertz CT molecular complexity index is 1880. The topological polar surface area (TPSA) is 256 Å². The van der Waals surface area contributed by atoms with Gasteiger partial charge in [-0.05, 0) is 60.5 Å². The van der Waals surface area contributed by atoms with Crippen molar-refractivity contribution in [3.8, 4) is 11.5 Å². The van der Waals surface area contributed by atoms with Crippen molar-refractivity contribution < 1.29 is 61.6 Å². The van der Waals surface area contributed by atoms with E-state index in [-0.39, 0.29) is 38.1 Å². The molecule has 0 aliphatic heterocycles. The number of thioether (sulfide) groups is 1. The molecular formula is C31H41Cl2F3N5O11PS2. The fourth-order valence-corrected chi connectivity index (χ4v) is 4.39. The first-order valence-corrected chi connectivity index (χ1v) is 21.2. The summed E-state index contributed by atoms with van der Waals surface area (Å²) in [6, 6.07) is 6.33. The molecule has 0 aliphatic rings. The lowest BCUT2D eigenvalue weighted by atomic mass is 9.93. The Morgan fingerprint density at radius 1 is 1.07 bits per heavy atom. The van der Waals surface area contributed by atoms with Crippen molar-refractivity contribution in [2.45, 2.75) is 50.5 Å². The average molecular weight is 883 g/mol. The van der Waals surface area contributed by atoms with Crippen molar-refractivity contribution >= 4 is 71.4 Å². The van der Waals surface area contributed by atoms with Gasteiger partial charge in [0, 0.05) is 5.41 Å². The van der Waals surface area contributed by atoms with Gasteiger partial charge in [-0.3, -0.25) is 14.9 Å². The number of aliphatic carboxylic acids is 2. The number of nitrogens with zero attached hydrogens (tertiary/aromatic N) is 3. The van der Waals surface area contributed by atoms with Crippen LogP contribution >= 0.6 is 42.6 Å². The van der Waals surface area contributed by atoms with E-state index in [9.17, 15) is 41.8 Å². The highest BCUT2D eigenvalue weighted by molar-refractivity contribution is 7.98. The zero-order chi connectivity index (χ0) is 43.1. The Morgan fingerprint density at radius 2 is 1.64 bits per heavy atom. The molecule has 6 N–H and O–H groups in total. The highest BCUT2D eigenvalue weighted by Crippen LogP contribution is 2.37. The van der Waals surface area contributed by atoms with E-state index >= 15 is 0 Å². The molecule has 0 spiro atoms. The van der Waals surface area contributed by atoms with Gasteiger partial charge < -0.3 is 39.9 Å². The fraction of sp³-hybridized carbons (Fsp3) is 0.419. The molecule has 0 aliphatic carbocycles. The number of alkyl halides is 3. The van der Waals surface area contributed by atoms with Gasteiger partial charge in [-0.25, -0.2) is 9.59 Å². The van der Waals surface area contributed by atoms with E-state index in [0.29, 0.717) is 27.8 Å². The number of halogens is 5. The standard InChI is InChI=1S/C17H11Cl2F3O5.C8H14N4OS.C3H8NO5P.C3H9S/c1-8(15(23)24)26-16(25)11-7-10(3-4-12(11)18)27-14-5-2-9(6-13(14)19)17(20,21)22;1-8(2,3)5-6(13)12(9)7(14-4)11-10-5;5-3(6)1-4-2-10(7,8)9;1-4(2)3/h2-8H,1H3,(H,23,24);9H2,1-4H3;4H,1-2H2,(H,5,6)(H2,7,8,9);1-3H3/q;;;+1/p-1/t8-;;;/m0.../s1. The van der Waals surface area contributed by atoms with Crippen molar-refractivity contribution in [1.82, 2.24) is 20.2 Å². The number of nitrogens with two attached hydrogens (primary N) is 1. The highest BCUT2D eigenvalue weighted by Gasteiger charge is 2.31. The van der Waals surface area contributed by atoms with Crippen LogP contribution in [0.3, 0.4) is 0 Å². The molecule has 3 rings (SSSR count). The van der Waals surface area contributed by atoms with E-state index in [1.807, 2.05) is 26.1 Å². The van der Waals surface area contributed by atoms with Crippen molar-refractivity contribution in [3.63, 3.8) is 0 Å². The van der Waals surface area contributed by atoms with Gasteiger partial charge in [0.25, 0.3) is 5.56 Å². The Balaban J connectivity index is 0.000000864. The maximum Gasteiger partial charge on any atom is 0.416 e. The van der Waals surface area contributed by atoms with Gasteiger partial charge in [0.15, 0.2) is 6.10 Å². The van der Waals surface area contributed by atoms with Crippen LogP contribution in [0.4, 0.5) is 13.2 Å². The molecule has 0 bridgehead atoms. The van der Waals surface area contributed by atoms with Crippen LogP contribution in [0.15, 0.2) is 46.3 Å². The van der Waals surface area contributed by atoms with E-state index in [1.165, 1.54) is 23.9 Å². The molecule has 1 heterocycles. The molecule has 24 heteroatoms. The van der Waals surface area contributed by atoms with E-state index in [1.54, 1.807) is 6.26 Å². The third-order valence-electron chi connectivity index (χ3n) is 5.62. The Hall–Kier alpha value is -3.56. The Labute approximate surface area is 331 Å². The number of esters is 1. The minimum absolute atomic E-state index is 0.0246. The highest BCUT2D eigenvalue weighted by atomic mass is 35.5. The first kappa shape index (κ1) is 51.4. The fourth-order valence-electron chi connectivity index (χ4n) is 3.18. The molecule has 2 aromatic carbocycles. The molecule has 1 unspecified atom stereocenters. The SMILES string of the molecule is CSc1nnc(C(C)(C)C)c(=O)n1N.C[C@H](OC(=O)c1cc(Oc2ccc(C(F)(F)F)cc2Cl)ccc1Cl)C(=O)O.C[S+](C)C.O=C(O)CNCP(=O)([O-])O. The van der Waals surface area contributed by atoms with Crippen molar-refractivity contribution in [1.29, 1.82) is 0 Å². The molecule has 0 fully saturated rings. The smallest absolute Gasteiger partial charge is 0.416 e. The van der Waals surface area contributed by atoms with Crippen molar-refractivity contribution in [2.75, 3.05) is 43.7 Å². The minimum Gasteiger partial charge on any atom is -0.778 e. The maximum absolute atomic E-state index is 12.7. The van der Waals surface area contributed by atoms with Crippen LogP contribution in [0.1, 0.15) is 49.3 Å². The zero-order valence-electron chi connectivity index (χ0n) is 30.6. The molecule has 0 amide bonds. The summed E-state index contributed by atoms with van der Waals surface area (Å²) in [5.74, 6) is 2.01. The molecule has 0 radical (unpaired) electrons. The number of aromatic nitrogens is 3. The molecule has 0 saturated heterocycles. The lowest BCUT2D eigenvalue weighted by Crippen LogP contribution is -2.37. The van der Waals surface area contributed by atoms with Crippen LogP contribution < -0.4 is 26.3 Å². The second kappa shape index (κ2) is 22.9. The van der Waals surface area contributed by atoms with Crippen LogP contribution in [0.25, 0.3) is 0 Å². The Morgan fingerprint density at radius 3 is 2.07 bits per heavy atom. The van der Waals surface area contributed by atoms with E-state index < -0.39 is 56.2 Å². The first-order valence-electron chi connectivity index (χ1n) is 15.0. The summed E-state index contributed by atoms with van der Waals surface area (Å²) in [5.41, 5.74) is -1.34. The summed E-state index contributed by atoms with van der Waals surface area (Å²) in [7, 11) is -3.71. The minimum atomic E-state index is -4.56. The predicted octanol–water partition coefficient (Wildman–Crippen LogP) is 4.46. The number of carbonyl (C=O) groups is 3. The summed E-state index contributed by atoms with van der Waals surface area (Å²) >= 11 is 13.0. The van der Waals surface area contributed by atoms with Gasteiger partial charge in [0.2, 0.25) is 5.16 Å². The maximum atomic E-state index is 12.7. The molecule has 0 saturated carbocycles. The summed E-state index contributed by atoms with van der Waals surface area (Å²) in [5, 5.41) is 26.6. The van der Waals surface area contributed by atoms with E-state index in [2.05, 4.69) is 29.0 Å². The number of hydrogen-bond acceptors (Lipinski definition) is 13. The number of nitrogens with one attached hydrogen (secondary N) is 1. The molecule has 2 atom stereocenters. The van der Waals surface area contributed by atoms with Crippen molar-refractivity contribution in [2.24, 2.45) is 0 Å². The number of ether oxygens (including phenoxy) is 2. The number of carboxylic acid groups (broad SMARTS) is 2. The monoisotopic (exact) mass is 881 g/mol. The van der Waals surface area contributed by atoms with E-state index in [0.717, 1.165) is 29.8 Å². The van der Waals surface area contributed by atoms with Gasteiger partial charge in [0.1, 0.15) is 24.8 Å². The largest absolute Gasteiger partial charge is 0.778 e. The lowest BCUT2D eigenvalue weighted by molar-refractivity contribution is -0.193. The van der Waals surface area contributed by atoms with Gasteiger partial charge >= 0.3 is 24.1 Å². The third kappa shape index (κ3) is 20.3. The van der Waals surface area contributed by atoms with Gasteiger partial charge in [0.05, 0.1) is 52.8 Å². The second-order valence-corrected chi connectivity index (χ2v) is 17.7. The number of carboxylic acids is 2. The molecule has 1 aromatic heterocycles. The zero-order valence-corrected chi connectivity index (χ0v) is 34.7. The number of nitrogen functional groups attached to an aromatic ring is 1. The van der Waals surface area contributed by atoms with Crippen LogP contribution in [0.2, 0.25) is 10.0 Å². The van der Waals surface area contributed by atoms with Crippen LogP contribution in [-0.4, -0.2) is 91.8 Å². The quantitative estimate of drug-likeness (QED) is 0.0619. The normalized spacial score (nSPS) is 12.7. The van der Waals surface area contributed by atoms with Crippen LogP contribution in [-0.2, 0) is 41.4 Å². The van der Waals surface area contributed by atoms with Crippen LogP contribution in [0.5, 0.6) is 11.5 Å². The van der Waals surface area contributed by atoms with Gasteiger partial charge in [-0.15, -0.1) is 10.2 Å². The summed E-state index contributed by atoms with van der Waals surface area (Å²) in [6.45, 7) is 6.38. The average Bonchev–Trinajstić information content (AvgIpc) is 3.02. The van der Waals surface area contributed by atoms with Gasteiger partial charge in [-0.2, -0.15) is 17.8 Å². The summed E-state index contributed by atoms with van der Waals surface area (Å²) < 4.78 is 59.1. The molecule has 16 nitrogen and oxygen atoms in total. The number of benzene rings is 2. The second-order valence-electron chi connectivity index (χ2n) is 12.1. The number of carbonyl (C=O) groups excluding carboxylic acids is 1. The third-order valence-corrected chi connectivity index (χ3v) is 7.51. The van der Waals surface area contributed by atoms with Gasteiger partial charge in [-0.1, -0.05) is 55.7 Å². The first-order chi connectivity index (χ1) is 25.0. The molecular weight excluding hydrogens is 841 g/mol. The molecule has 3 aromatic rings. The summed E-state index contributed by atoms with van der Waals surface area (Å²) in [6.07, 6.45) is 1.71. The number of rotatable bonds is 10.